The molecule has 1 amide bonds. The lowest BCUT2D eigenvalue weighted by Crippen LogP contribution is -2.22. The predicted octanol–water partition coefficient (Wildman–Crippen LogP) is 3.28. The summed E-state index contributed by atoms with van der Waals surface area (Å²) in [5, 5.41) is 0. The summed E-state index contributed by atoms with van der Waals surface area (Å²) >= 11 is 3.45. The van der Waals surface area contributed by atoms with E-state index < -0.39 is 0 Å². The Bertz CT molecular complexity index is 428. The molecule has 0 radical (unpaired) electrons. The van der Waals surface area contributed by atoms with Crippen LogP contribution in [0.5, 0.6) is 5.75 Å². The Kier molecular flexibility index (Phi) is 4.57. The van der Waals surface area contributed by atoms with Crippen LogP contribution in [0.2, 0.25) is 0 Å². The number of rotatable bonds is 3. The molecule has 0 aliphatic carbocycles. The first-order chi connectivity index (χ1) is 7.88. The zero-order valence-corrected chi connectivity index (χ0v) is 12.5. The summed E-state index contributed by atoms with van der Waals surface area (Å²) in [5.74, 6) is 0.907. The second-order valence-electron chi connectivity index (χ2n) is 4.44. The average molecular weight is 300 g/mol. The van der Waals surface area contributed by atoms with E-state index in [4.69, 9.17) is 4.74 Å². The van der Waals surface area contributed by atoms with E-state index in [-0.39, 0.29) is 5.91 Å². The lowest BCUT2D eigenvalue weighted by Gasteiger charge is -2.17. The van der Waals surface area contributed by atoms with Crippen molar-refractivity contribution in [2.45, 2.75) is 19.8 Å². The van der Waals surface area contributed by atoms with E-state index in [1.54, 1.807) is 26.1 Å². The van der Waals surface area contributed by atoms with E-state index in [9.17, 15) is 4.79 Å². The minimum Gasteiger partial charge on any atom is -0.495 e. The number of carbonyl (C=O) groups is 1. The number of nitrogens with zero attached hydrogens (tertiary/aromatic N) is 1. The van der Waals surface area contributed by atoms with Gasteiger partial charge in [0.25, 0.3) is 5.91 Å². The molecule has 1 aromatic rings. The summed E-state index contributed by atoms with van der Waals surface area (Å²) in [7, 11) is 5.04. The maximum atomic E-state index is 12.1. The van der Waals surface area contributed by atoms with Crippen LogP contribution in [-0.4, -0.2) is 32.0 Å². The van der Waals surface area contributed by atoms with Gasteiger partial charge >= 0.3 is 0 Å². The van der Waals surface area contributed by atoms with Crippen molar-refractivity contribution in [3.63, 3.8) is 0 Å². The minimum absolute atomic E-state index is 0.0509. The van der Waals surface area contributed by atoms with Gasteiger partial charge in [-0.15, -0.1) is 0 Å². The van der Waals surface area contributed by atoms with Crippen LogP contribution in [0.15, 0.2) is 16.6 Å². The molecule has 0 atom stereocenters. The molecule has 0 aromatic heterocycles. The molecule has 0 aliphatic heterocycles. The number of halogens is 1. The molecule has 1 aromatic carbocycles. The van der Waals surface area contributed by atoms with Gasteiger partial charge in [-0.25, -0.2) is 0 Å². The van der Waals surface area contributed by atoms with Crippen molar-refractivity contribution in [2.24, 2.45) is 0 Å². The largest absolute Gasteiger partial charge is 0.495 e. The first kappa shape index (κ1) is 14.0. The van der Waals surface area contributed by atoms with Crippen LogP contribution in [0.3, 0.4) is 0 Å². The topological polar surface area (TPSA) is 29.5 Å². The second-order valence-corrected chi connectivity index (χ2v) is 5.29. The summed E-state index contributed by atoms with van der Waals surface area (Å²) in [6.45, 7) is 4.19. The fraction of sp³-hybridized carbons (Fsp3) is 0.462. The van der Waals surface area contributed by atoms with Crippen molar-refractivity contribution in [3.05, 3.63) is 27.7 Å². The van der Waals surface area contributed by atoms with Gasteiger partial charge in [-0.3, -0.25) is 4.79 Å². The summed E-state index contributed by atoms with van der Waals surface area (Å²) in [5.41, 5.74) is 1.71. The third kappa shape index (κ3) is 3.00. The highest BCUT2D eigenvalue weighted by Gasteiger charge is 2.18. The molecule has 4 heteroatoms. The molecule has 0 aliphatic rings. The van der Waals surface area contributed by atoms with E-state index in [2.05, 4.69) is 29.8 Å². The maximum absolute atomic E-state index is 12.1. The normalized spacial score (nSPS) is 10.5. The molecule has 94 valence electrons. The monoisotopic (exact) mass is 299 g/mol. The van der Waals surface area contributed by atoms with E-state index in [1.165, 1.54) is 0 Å². The molecule has 0 saturated carbocycles. The van der Waals surface area contributed by atoms with Crippen molar-refractivity contribution >= 4 is 21.8 Å². The van der Waals surface area contributed by atoms with Gasteiger partial charge in [0, 0.05) is 14.1 Å². The smallest absolute Gasteiger partial charge is 0.257 e. The fourth-order valence-corrected chi connectivity index (χ4v) is 2.19. The highest BCUT2D eigenvalue weighted by molar-refractivity contribution is 9.10. The lowest BCUT2D eigenvalue weighted by molar-refractivity contribution is 0.0824. The summed E-state index contributed by atoms with van der Waals surface area (Å²) in [4.78, 5) is 13.6. The van der Waals surface area contributed by atoms with E-state index in [1.807, 2.05) is 12.1 Å². The standard InChI is InChI=1S/C13H18BrNO2/c1-8(2)9-6-10(13(16)15(3)4)12(17-5)11(14)7-9/h6-8H,1-5H3. The molecule has 0 N–H and O–H groups in total. The van der Waals surface area contributed by atoms with E-state index >= 15 is 0 Å². The van der Waals surface area contributed by atoms with Crippen LogP contribution in [0.25, 0.3) is 0 Å². The van der Waals surface area contributed by atoms with Gasteiger partial charge in [-0.05, 0) is 39.5 Å². The first-order valence-electron chi connectivity index (χ1n) is 5.47. The number of ether oxygens (including phenoxy) is 1. The number of carbonyl (C=O) groups excluding carboxylic acids is 1. The Labute approximate surface area is 111 Å². The van der Waals surface area contributed by atoms with Gasteiger partial charge in [0.2, 0.25) is 0 Å². The average Bonchev–Trinajstić information content (AvgIpc) is 2.26. The maximum Gasteiger partial charge on any atom is 0.257 e. The fourth-order valence-electron chi connectivity index (χ4n) is 1.55. The molecule has 0 spiro atoms. The molecular formula is C13H18BrNO2. The van der Waals surface area contributed by atoms with Gasteiger partial charge in [-0.2, -0.15) is 0 Å². The Morgan fingerprint density at radius 3 is 2.35 bits per heavy atom. The number of benzene rings is 1. The van der Waals surface area contributed by atoms with Crippen LogP contribution >= 0.6 is 15.9 Å². The molecular weight excluding hydrogens is 282 g/mol. The van der Waals surface area contributed by atoms with Gasteiger partial charge in [0.1, 0.15) is 5.75 Å². The van der Waals surface area contributed by atoms with Crippen molar-refractivity contribution in [2.75, 3.05) is 21.2 Å². The molecule has 3 nitrogen and oxygen atoms in total. The molecule has 0 saturated heterocycles. The molecule has 17 heavy (non-hydrogen) atoms. The number of hydrogen-bond acceptors (Lipinski definition) is 2. The molecule has 1 rings (SSSR count). The SMILES string of the molecule is COc1c(Br)cc(C(C)C)cc1C(=O)N(C)C. The van der Waals surface area contributed by atoms with Crippen LogP contribution in [-0.2, 0) is 0 Å². The predicted molar refractivity (Wildman–Crippen MR) is 72.8 cm³/mol. The van der Waals surface area contributed by atoms with Crippen LogP contribution in [0.1, 0.15) is 35.7 Å². The van der Waals surface area contributed by atoms with E-state index in [0.29, 0.717) is 17.2 Å². The third-order valence-electron chi connectivity index (χ3n) is 2.57. The number of amides is 1. The molecule has 0 heterocycles. The van der Waals surface area contributed by atoms with Crippen LogP contribution in [0, 0.1) is 0 Å². The van der Waals surface area contributed by atoms with Gasteiger partial charge in [0.15, 0.2) is 0 Å². The quantitative estimate of drug-likeness (QED) is 0.857. The first-order valence-corrected chi connectivity index (χ1v) is 6.26. The molecule has 0 unspecified atom stereocenters. The summed E-state index contributed by atoms with van der Waals surface area (Å²) in [6, 6.07) is 3.90. The van der Waals surface area contributed by atoms with Crippen molar-refractivity contribution in [1.29, 1.82) is 0 Å². The second kappa shape index (κ2) is 5.54. The molecule has 0 fully saturated rings. The number of hydrogen-bond donors (Lipinski definition) is 0. The van der Waals surface area contributed by atoms with Gasteiger partial charge in [0.05, 0.1) is 17.1 Å². The van der Waals surface area contributed by atoms with Crippen molar-refractivity contribution < 1.29 is 9.53 Å². The summed E-state index contributed by atoms with van der Waals surface area (Å²) in [6.07, 6.45) is 0. The van der Waals surface area contributed by atoms with Crippen LogP contribution < -0.4 is 4.74 Å². The van der Waals surface area contributed by atoms with E-state index in [0.717, 1.165) is 10.0 Å². The number of methoxy groups -OCH3 is 1. The van der Waals surface area contributed by atoms with Crippen molar-refractivity contribution in [3.8, 4) is 5.75 Å². The highest BCUT2D eigenvalue weighted by atomic mass is 79.9. The highest BCUT2D eigenvalue weighted by Crippen LogP contribution is 2.33. The molecule has 0 bridgehead atoms. The zero-order valence-electron chi connectivity index (χ0n) is 10.9. The summed E-state index contributed by atoms with van der Waals surface area (Å²) < 4.78 is 6.10. The van der Waals surface area contributed by atoms with Gasteiger partial charge in [-0.1, -0.05) is 13.8 Å². The van der Waals surface area contributed by atoms with Gasteiger partial charge < -0.3 is 9.64 Å². The van der Waals surface area contributed by atoms with Crippen molar-refractivity contribution in [1.82, 2.24) is 4.90 Å². The Morgan fingerprint density at radius 1 is 1.35 bits per heavy atom. The lowest BCUT2D eigenvalue weighted by atomic mass is 10.00. The third-order valence-corrected chi connectivity index (χ3v) is 3.16. The Morgan fingerprint density at radius 2 is 1.94 bits per heavy atom. The Balaban J connectivity index is 3.39. The Hall–Kier alpha value is -1.03. The minimum atomic E-state index is -0.0509. The van der Waals surface area contributed by atoms with Crippen LogP contribution in [0.4, 0.5) is 0 Å². The zero-order chi connectivity index (χ0) is 13.2.